The third-order valence-corrected chi connectivity index (χ3v) is 6.01. The first-order chi connectivity index (χ1) is 14.7. The smallest absolute Gasteiger partial charge is 0.136 e. The summed E-state index contributed by atoms with van der Waals surface area (Å²) >= 11 is 0. The number of unbranched alkanes of at least 4 members (excludes halogenated alkanes) is 13. The van der Waals surface area contributed by atoms with Gasteiger partial charge >= 0.3 is 0 Å². The summed E-state index contributed by atoms with van der Waals surface area (Å²) in [5.41, 5.74) is 0. The lowest BCUT2D eigenvalue weighted by Gasteiger charge is -2.34. The molecule has 0 saturated heterocycles. The summed E-state index contributed by atoms with van der Waals surface area (Å²) in [7, 11) is 2.35. The Morgan fingerprint density at radius 3 is 1.27 bits per heavy atom. The lowest BCUT2D eigenvalue weighted by Crippen LogP contribution is -2.49. The normalized spacial score (nSPS) is 13.9. The number of allylic oxidation sites excluding steroid dienone is 2. The second-order valence-corrected chi connectivity index (χ2v) is 9.07. The Morgan fingerprint density at radius 2 is 0.900 bits per heavy atom. The van der Waals surface area contributed by atoms with Gasteiger partial charge in [0.1, 0.15) is 26.3 Å². The molecule has 3 heteroatoms. The maximum Gasteiger partial charge on any atom is 0.136 e. The molecule has 0 spiro atoms. The highest BCUT2D eigenvalue weighted by molar-refractivity contribution is 4.65. The van der Waals surface area contributed by atoms with Crippen LogP contribution in [0, 0.1) is 0 Å². The van der Waals surface area contributed by atoms with Gasteiger partial charge in [0, 0.05) is 0 Å². The zero-order chi connectivity index (χ0) is 22.2. The zero-order valence-electron chi connectivity index (χ0n) is 21.0. The van der Waals surface area contributed by atoms with E-state index in [4.69, 9.17) is 9.47 Å². The third kappa shape index (κ3) is 20.3. The first kappa shape index (κ1) is 29.0. The van der Waals surface area contributed by atoms with Crippen LogP contribution in [0.5, 0.6) is 0 Å². The molecule has 3 nitrogen and oxygen atoms in total. The van der Waals surface area contributed by atoms with Gasteiger partial charge in [-0.05, 0) is 26.7 Å². The Morgan fingerprint density at radius 1 is 0.533 bits per heavy atom. The molecule has 0 unspecified atom stereocenters. The van der Waals surface area contributed by atoms with Crippen LogP contribution in [0.15, 0.2) is 24.7 Å². The lowest BCUT2D eigenvalue weighted by molar-refractivity contribution is -0.910. The number of nitrogens with zero attached hydrogens (tertiary/aromatic N) is 1. The van der Waals surface area contributed by atoms with E-state index in [1.807, 2.05) is 26.0 Å². The van der Waals surface area contributed by atoms with Gasteiger partial charge in [-0.1, -0.05) is 96.1 Å². The Labute approximate surface area is 189 Å². The summed E-state index contributed by atoms with van der Waals surface area (Å²) in [5, 5.41) is 0. The molecule has 0 saturated carbocycles. The summed E-state index contributed by atoms with van der Waals surface area (Å²) in [4.78, 5) is 0. The molecule has 0 N–H and O–H groups in total. The van der Waals surface area contributed by atoms with Crippen molar-refractivity contribution in [2.45, 2.75) is 111 Å². The molecular formula is C27H54NO2+. The molecule has 30 heavy (non-hydrogen) atoms. The van der Waals surface area contributed by atoms with Crippen LogP contribution in [0.2, 0.25) is 0 Å². The maximum atomic E-state index is 5.58. The minimum atomic E-state index is 0.781. The largest absolute Gasteiger partial charge is 0.496 e. The number of ether oxygens (including phenoxy) is 2. The van der Waals surface area contributed by atoms with Crippen LogP contribution >= 0.6 is 0 Å². The van der Waals surface area contributed by atoms with Crippen LogP contribution in [0.3, 0.4) is 0 Å². The second-order valence-electron chi connectivity index (χ2n) is 9.07. The van der Waals surface area contributed by atoms with Gasteiger partial charge in [-0.3, -0.25) is 0 Å². The van der Waals surface area contributed by atoms with Crippen molar-refractivity contribution in [3.05, 3.63) is 24.7 Å². The van der Waals surface area contributed by atoms with E-state index < -0.39 is 0 Å². The van der Waals surface area contributed by atoms with E-state index in [-0.39, 0.29) is 0 Å². The van der Waals surface area contributed by atoms with E-state index in [1.54, 1.807) is 12.5 Å². The van der Waals surface area contributed by atoms with Crippen LogP contribution in [0.1, 0.15) is 111 Å². The topological polar surface area (TPSA) is 18.5 Å². The highest BCUT2D eigenvalue weighted by Gasteiger charge is 2.20. The van der Waals surface area contributed by atoms with Crippen molar-refractivity contribution in [3.8, 4) is 0 Å². The monoisotopic (exact) mass is 424 g/mol. The summed E-state index contributed by atoms with van der Waals surface area (Å²) < 4.78 is 12.2. The van der Waals surface area contributed by atoms with Gasteiger partial charge in [-0.2, -0.15) is 0 Å². The fourth-order valence-electron chi connectivity index (χ4n) is 3.90. The minimum Gasteiger partial charge on any atom is -0.496 e. The van der Waals surface area contributed by atoms with Crippen molar-refractivity contribution in [1.82, 2.24) is 0 Å². The van der Waals surface area contributed by atoms with Gasteiger partial charge in [0.05, 0.1) is 26.1 Å². The predicted octanol–water partition coefficient (Wildman–Crippen LogP) is 8.01. The number of likely N-dealkylation sites (N-methyl/N-ethyl adjacent to an activating group) is 1. The first-order valence-electron chi connectivity index (χ1n) is 13.0. The summed E-state index contributed by atoms with van der Waals surface area (Å²) in [6.45, 7) is 11.1. The Balaban J connectivity index is 3.73. The zero-order valence-corrected chi connectivity index (χ0v) is 21.0. The fourth-order valence-corrected chi connectivity index (χ4v) is 3.90. The minimum absolute atomic E-state index is 0.781. The van der Waals surface area contributed by atoms with Crippen LogP contribution in [0.4, 0.5) is 0 Å². The molecule has 0 aromatic heterocycles. The third-order valence-electron chi connectivity index (χ3n) is 6.01. The molecule has 0 atom stereocenters. The highest BCUT2D eigenvalue weighted by atomic mass is 16.5. The van der Waals surface area contributed by atoms with Crippen molar-refractivity contribution < 1.29 is 14.0 Å². The molecule has 0 heterocycles. The van der Waals surface area contributed by atoms with Gasteiger partial charge in [0.2, 0.25) is 0 Å². The van der Waals surface area contributed by atoms with Crippen LogP contribution in [0.25, 0.3) is 0 Å². The van der Waals surface area contributed by atoms with E-state index in [1.165, 1.54) is 96.4 Å². The maximum absolute atomic E-state index is 5.58. The Hall–Kier alpha value is -0.960. The van der Waals surface area contributed by atoms with Crippen LogP contribution < -0.4 is 0 Å². The molecule has 0 aliphatic rings. The molecule has 0 aliphatic carbocycles. The van der Waals surface area contributed by atoms with Gasteiger partial charge < -0.3 is 14.0 Å². The van der Waals surface area contributed by atoms with E-state index in [0.29, 0.717) is 0 Å². The van der Waals surface area contributed by atoms with Gasteiger partial charge in [0.25, 0.3) is 0 Å². The molecule has 0 aromatic carbocycles. The number of hydrogen-bond donors (Lipinski definition) is 0. The quantitative estimate of drug-likeness (QED) is 0.0939. The van der Waals surface area contributed by atoms with Gasteiger partial charge in [-0.25, -0.2) is 0 Å². The summed E-state index contributed by atoms with van der Waals surface area (Å²) in [5.74, 6) is 0. The van der Waals surface area contributed by atoms with Gasteiger partial charge in [0.15, 0.2) is 0 Å². The molecule has 0 fully saturated rings. The van der Waals surface area contributed by atoms with Crippen molar-refractivity contribution in [2.24, 2.45) is 0 Å². The highest BCUT2D eigenvalue weighted by Crippen LogP contribution is 2.14. The van der Waals surface area contributed by atoms with Gasteiger partial charge in [-0.15, -0.1) is 0 Å². The Kier molecular flexibility index (Phi) is 22.0. The standard InChI is InChI=1S/C27H54NO2/c1-5-8-9-10-11-12-13-14-15-16-17-18-19-20-21-28(4,22-26-29-24-6-2)23-27-30-25-7-3/h6-7,24-25H,5,8-23,26-27H2,1-4H3/q+1. The van der Waals surface area contributed by atoms with Crippen molar-refractivity contribution in [3.63, 3.8) is 0 Å². The van der Waals surface area contributed by atoms with E-state index in [9.17, 15) is 0 Å². The van der Waals surface area contributed by atoms with E-state index in [2.05, 4.69) is 14.0 Å². The second kappa shape index (κ2) is 22.7. The van der Waals surface area contributed by atoms with E-state index >= 15 is 0 Å². The lowest BCUT2D eigenvalue weighted by atomic mass is 10.0. The Bertz CT molecular complexity index is 374. The average molecular weight is 425 g/mol. The molecular weight excluding hydrogens is 370 g/mol. The number of quaternary nitrogens is 1. The van der Waals surface area contributed by atoms with Crippen molar-refractivity contribution in [1.29, 1.82) is 0 Å². The van der Waals surface area contributed by atoms with Crippen molar-refractivity contribution in [2.75, 3.05) is 39.9 Å². The predicted molar refractivity (Wildman–Crippen MR) is 133 cm³/mol. The number of hydrogen-bond acceptors (Lipinski definition) is 2. The summed E-state index contributed by atoms with van der Waals surface area (Å²) in [6, 6.07) is 0. The number of rotatable bonds is 23. The van der Waals surface area contributed by atoms with Crippen LogP contribution in [-0.4, -0.2) is 44.4 Å². The molecule has 0 aromatic rings. The SMILES string of the molecule is CC=COCC[N+](C)(CCCCCCCCCCCCCCCC)CCOC=CC. The van der Waals surface area contributed by atoms with E-state index in [0.717, 1.165) is 30.8 Å². The first-order valence-corrected chi connectivity index (χ1v) is 13.0. The molecule has 0 rings (SSSR count). The molecule has 0 radical (unpaired) electrons. The van der Waals surface area contributed by atoms with Crippen molar-refractivity contribution >= 4 is 0 Å². The molecule has 178 valence electrons. The van der Waals surface area contributed by atoms with Crippen LogP contribution in [-0.2, 0) is 9.47 Å². The summed E-state index contributed by atoms with van der Waals surface area (Å²) in [6.07, 6.45) is 27.3. The average Bonchev–Trinajstić information content (AvgIpc) is 2.75. The molecule has 0 bridgehead atoms. The molecule has 0 amide bonds. The fraction of sp³-hybridized carbons (Fsp3) is 0.852. The molecule has 0 aliphatic heterocycles.